The molecule has 2 N–H and O–H groups in total. The van der Waals surface area contributed by atoms with Crippen molar-refractivity contribution in [1.82, 2.24) is 4.90 Å². The van der Waals surface area contributed by atoms with Crippen molar-refractivity contribution < 1.29 is 9.18 Å². The lowest BCUT2D eigenvalue weighted by Crippen LogP contribution is -2.42. The summed E-state index contributed by atoms with van der Waals surface area (Å²) in [5.41, 5.74) is 5.74. The van der Waals surface area contributed by atoms with Crippen LogP contribution in [0.3, 0.4) is 0 Å². The van der Waals surface area contributed by atoms with Crippen molar-refractivity contribution in [2.45, 2.75) is 32.2 Å². The Hall–Kier alpha value is -1.86. The maximum atomic E-state index is 13.9. The van der Waals surface area contributed by atoms with Crippen LogP contribution in [-0.2, 0) is 0 Å². The molecule has 20 heavy (non-hydrogen) atoms. The normalized spacial score (nSPS) is 16.7. The highest BCUT2D eigenvalue weighted by atomic mass is 19.1. The molecule has 106 valence electrons. The van der Waals surface area contributed by atoms with Gasteiger partial charge in [-0.15, -0.1) is 0 Å². The molecule has 3 nitrogen and oxygen atoms in total. The molecule has 1 aliphatic rings. The van der Waals surface area contributed by atoms with E-state index in [0.717, 1.165) is 19.4 Å². The van der Waals surface area contributed by atoms with E-state index in [1.165, 1.54) is 12.1 Å². The summed E-state index contributed by atoms with van der Waals surface area (Å²) in [5, 5.41) is 0. The van der Waals surface area contributed by atoms with Crippen LogP contribution < -0.4 is 5.73 Å². The Morgan fingerprint density at radius 1 is 1.50 bits per heavy atom. The van der Waals surface area contributed by atoms with Gasteiger partial charge in [-0.3, -0.25) is 4.79 Å². The summed E-state index contributed by atoms with van der Waals surface area (Å²) in [4.78, 5) is 14.3. The average Bonchev–Trinajstić information content (AvgIpc) is 2.76. The van der Waals surface area contributed by atoms with Gasteiger partial charge in [0.05, 0.1) is 12.1 Å². The molecule has 0 aliphatic carbocycles. The quantitative estimate of drug-likeness (QED) is 0.798. The van der Waals surface area contributed by atoms with E-state index in [1.807, 2.05) is 18.7 Å². The first-order valence-corrected chi connectivity index (χ1v) is 6.76. The molecule has 0 bridgehead atoms. The van der Waals surface area contributed by atoms with Crippen molar-refractivity contribution in [3.8, 4) is 11.8 Å². The van der Waals surface area contributed by atoms with Crippen molar-refractivity contribution in [2.75, 3.05) is 13.1 Å². The monoisotopic (exact) mass is 274 g/mol. The summed E-state index contributed by atoms with van der Waals surface area (Å²) in [7, 11) is 0. The van der Waals surface area contributed by atoms with Gasteiger partial charge in [-0.1, -0.05) is 11.8 Å². The molecule has 1 fully saturated rings. The summed E-state index contributed by atoms with van der Waals surface area (Å²) >= 11 is 0. The molecule has 0 aromatic heterocycles. The molecule has 4 heteroatoms. The Labute approximate surface area is 119 Å². The zero-order chi connectivity index (χ0) is 14.8. The summed E-state index contributed by atoms with van der Waals surface area (Å²) < 4.78 is 13.9. The highest BCUT2D eigenvalue weighted by Gasteiger charge is 2.35. The number of nitrogens with two attached hydrogens (primary N) is 1. The molecule has 1 aromatic rings. The van der Waals surface area contributed by atoms with E-state index in [1.54, 1.807) is 6.07 Å². The Morgan fingerprint density at radius 2 is 2.25 bits per heavy atom. The van der Waals surface area contributed by atoms with E-state index in [4.69, 9.17) is 5.73 Å². The lowest BCUT2D eigenvalue weighted by Gasteiger charge is -2.31. The van der Waals surface area contributed by atoms with E-state index in [2.05, 4.69) is 11.8 Å². The van der Waals surface area contributed by atoms with Crippen LogP contribution >= 0.6 is 0 Å². The van der Waals surface area contributed by atoms with E-state index in [-0.39, 0.29) is 23.6 Å². The second-order valence-corrected chi connectivity index (χ2v) is 5.57. The maximum Gasteiger partial charge on any atom is 0.254 e. The fourth-order valence-electron chi connectivity index (χ4n) is 2.54. The number of halogens is 1. The van der Waals surface area contributed by atoms with Crippen molar-refractivity contribution in [2.24, 2.45) is 5.73 Å². The van der Waals surface area contributed by atoms with Crippen LogP contribution in [0.25, 0.3) is 0 Å². The number of carbonyl (C=O) groups is 1. The molecule has 0 unspecified atom stereocenters. The van der Waals surface area contributed by atoms with Gasteiger partial charge in [0.15, 0.2) is 0 Å². The highest BCUT2D eigenvalue weighted by molar-refractivity contribution is 5.95. The molecule has 0 saturated carbocycles. The third-order valence-electron chi connectivity index (χ3n) is 3.69. The summed E-state index contributed by atoms with van der Waals surface area (Å²) in [6, 6.07) is 4.42. The number of carbonyl (C=O) groups excluding carboxylic acids is 1. The topological polar surface area (TPSA) is 46.3 Å². The second-order valence-electron chi connectivity index (χ2n) is 5.57. The number of hydrogen-bond donors (Lipinski definition) is 1. The molecule has 0 atom stereocenters. The van der Waals surface area contributed by atoms with Crippen LogP contribution in [0.15, 0.2) is 18.2 Å². The molecular weight excluding hydrogens is 255 g/mol. The van der Waals surface area contributed by atoms with Crippen LogP contribution in [0.2, 0.25) is 0 Å². The number of nitrogens with zero attached hydrogens (tertiary/aromatic N) is 1. The second kappa shape index (κ2) is 5.64. The van der Waals surface area contributed by atoms with Gasteiger partial charge >= 0.3 is 0 Å². The van der Waals surface area contributed by atoms with Gasteiger partial charge in [-0.25, -0.2) is 4.39 Å². The fourth-order valence-corrected chi connectivity index (χ4v) is 2.54. The summed E-state index contributed by atoms with van der Waals surface area (Å²) in [6.07, 6.45) is 1.96. The van der Waals surface area contributed by atoms with Gasteiger partial charge in [-0.05, 0) is 44.9 Å². The number of benzene rings is 1. The van der Waals surface area contributed by atoms with Gasteiger partial charge in [0, 0.05) is 17.6 Å². The average molecular weight is 274 g/mol. The third-order valence-corrected chi connectivity index (χ3v) is 3.69. The first-order chi connectivity index (χ1) is 9.45. The molecular formula is C16H19FN2O. The first-order valence-electron chi connectivity index (χ1n) is 6.76. The zero-order valence-electron chi connectivity index (χ0n) is 11.9. The smallest absolute Gasteiger partial charge is 0.254 e. The van der Waals surface area contributed by atoms with E-state index in [0.29, 0.717) is 5.56 Å². The number of likely N-dealkylation sites (tertiary alicyclic amines) is 1. The standard InChI is InChI=1S/C16H19FN2O/c1-16(2)8-4-10-19(16)15(20)13-7-6-12(5-3-9-18)14(17)11-13/h6-7,11H,4,8-10,18H2,1-2H3. The van der Waals surface area contributed by atoms with E-state index < -0.39 is 5.82 Å². The van der Waals surface area contributed by atoms with Gasteiger partial charge in [-0.2, -0.15) is 0 Å². The lowest BCUT2D eigenvalue weighted by atomic mass is 10.0. The Balaban J connectivity index is 2.26. The lowest BCUT2D eigenvalue weighted by molar-refractivity contribution is 0.0651. The zero-order valence-corrected chi connectivity index (χ0v) is 11.9. The van der Waals surface area contributed by atoms with Crippen LogP contribution in [0.4, 0.5) is 4.39 Å². The predicted molar refractivity (Wildman–Crippen MR) is 76.7 cm³/mol. The minimum Gasteiger partial charge on any atom is -0.334 e. The van der Waals surface area contributed by atoms with Crippen LogP contribution in [-0.4, -0.2) is 29.4 Å². The van der Waals surface area contributed by atoms with Crippen molar-refractivity contribution >= 4 is 5.91 Å². The molecule has 0 radical (unpaired) electrons. The Morgan fingerprint density at radius 3 is 2.80 bits per heavy atom. The summed E-state index contributed by atoms with van der Waals surface area (Å²) in [5.74, 6) is 4.66. The minimum absolute atomic E-state index is 0.121. The molecule has 1 aromatic carbocycles. The Bertz CT molecular complexity index is 584. The SMILES string of the molecule is CC1(C)CCCN1C(=O)c1ccc(C#CCN)c(F)c1. The van der Waals surface area contributed by atoms with Gasteiger partial charge < -0.3 is 10.6 Å². The Kier molecular flexibility index (Phi) is 4.10. The molecule has 1 saturated heterocycles. The van der Waals surface area contributed by atoms with E-state index >= 15 is 0 Å². The molecule has 1 heterocycles. The van der Waals surface area contributed by atoms with Crippen molar-refractivity contribution in [3.63, 3.8) is 0 Å². The highest BCUT2D eigenvalue weighted by Crippen LogP contribution is 2.29. The molecule has 0 spiro atoms. The summed E-state index contributed by atoms with van der Waals surface area (Å²) in [6.45, 7) is 4.98. The maximum absolute atomic E-state index is 13.9. The third kappa shape index (κ3) is 2.83. The van der Waals surface area contributed by atoms with Crippen LogP contribution in [0.5, 0.6) is 0 Å². The number of rotatable bonds is 1. The molecule has 1 aliphatic heterocycles. The van der Waals surface area contributed by atoms with E-state index in [9.17, 15) is 9.18 Å². The number of amides is 1. The van der Waals surface area contributed by atoms with Gasteiger partial charge in [0.2, 0.25) is 0 Å². The molecule has 2 rings (SSSR count). The first kappa shape index (κ1) is 14.5. The number of hydrogen-bond acceptors (Lipinski definition) is 2. The minimum atomic E-state index is -0.478. The van der Waals surface area contributed by atoms with Crippen LogP contribution in [0.1, 0.15) is 42.6 Å². The van der Waals surface area contributed by atoms with Gasteiger partial charge in [0.1, 0.15) is 5.82 Å². The largest absolute Gasteiger partial charge is 0.334 e. The molecule has 1 amide bonds. The predicted octanol–water partition coefficient (Wildman–Crippen LogP) is 2.15. The van der Waals surface area contributed by atoms with Gasteiger partial charge in [0.25, 0.3) is 5.91 Å². The fraction of sp³-hybridized carbons (Fsp3) is 0.438. The van der Waals surface area contributed by atoms with Crippen molar-refractivity contribution in [1.29, 1.82) is 0 Å². The van der Waals surface area contributed by atoms with Crippen LogP contribution in [0, 0.1) is 17.7 Å². The van der Waals surface area contributed by atoms with Crippen molar-refractivity contribution in [3.05, 3.63) is 35.1 Å².